The average molecular weight is 199 g/mol. The van der Waals surface area contributed by atoms with Gasteiger partial charge in [0.25, 0.3) is 0 Å². The lowest BCUT2D eigenvalue weighted by Crippen LogP contribution is -1.78. The summed E-state index contributed by atoms with van der Waals surface area (Å²) >= 11 is 1.78. The number of nitro groups is 1. The van der Waals surface area contributed by atoms with Gasteiger partial charge in [0.1, 0.15) is 0 Å². The van der Waals surface area contributed by atoms with Crippen LogP contribution < -0.4 is 0 Å². The Morgan fingerprint density at radius 2 is 2.33 bits per heavy atom. The van der Waals surface area contributed by atoms with Crippen molar-refractivity contribution in [2.75, 3.05) is 0 Å². The van der Waals surface area contributed by atoms with Crippen molar-refractivity contribution in [2.45, 2.75) is 0 Å². The third kappa shape index (κ3) is 3.87. The van der Waals surface area contributed by atoms with E-state index in [4.69, 9.17) is 0 Å². The minimum Gasteiger partial charge on any atom is -0.259 e. The van der Waals surface area contributed by atoms with Crippen LogP contribution in [0.5, 0.6) is 0 Å². The van der Waals surface area contributed by atoms with Crippen molar-refractivity contribution in [1.82, 2.24) is 0 Å². The van der Waals surface area contributed by atoms with Gasteiger partial charge in [-0.1, -0.05) is 0 Å². The van der Waals surface area contributed by atoms with Crippen molar-refractivity contribution in [3.8, 4) is 0 Å². The van der Waals surface area contributed by atoms with Gasteiger partial charge in [-0.3, -0.25) is 10.1 Å². The Morgan fingerprint density at radius 1 is 1.83 bits per heavy atom. The molecule has 0 aromatic heterocycles. The summed E-state index contributed by atoms with van der Waals surface area (Å²) < 4.78 is 1.34. The Hall–Kier alpha value is -0.130. The van der Waals surface area contributed by atoms with E-state index in [1.54, 1.807) is 22.6 Å². The molecule has 0 aliphatic heterocycles. The molecule has 0 aromatic carbocycles. The van der Waals surface area contributed by atoms with E-state index in [0.717, 1.165) is 6.20 Å². The molecule has 0 spiro atoms. The Bertz CT molecular complexity index is 79.6. The normalized spacial score (nSPS) is 9.50. The molecule has 3 nitrogen and oxygen atoms in total. The van der Waals surface area contributed by atoms with Gasteiger partial charge in [0.2, 0.25) is 6.20 Å². The van der Waals surface area contributed by atoms with Crippen molar-refractivity contribution in [3.05, 3.63) is 20.4 Å². The van der Waals surface area contributed by atoms with Crippen molar-refractivity contribution >= 4 is 22.6 Å². The highest BCUT2D eigenvalue weighted by Crippen LogP contribution is 1.81. The van der Waals surface area contributed by atoms with E-state index in [1.165, 1.54) is 4.08 Å². The van der Waals surface area contributed by atoms with Crippen LogP contribution in [0.4, 0.5) is 0 Å². The largest absolute Gasteiger partial charge is 0.259 e. The zero-order chi connectivity index (χ0) is 4.99. The Morgan fingerprint density at radius 3 is 2.33 bits per heavy atom. The van der Waals surface area contributed by atoms with Crippen LogP contribution in [0.1, 0.15) is 0 Å². The summed E-state index contributed by atoms with van der Waals surface area (Å²) in [6.07, 6.45) is 0.876. The van der Waals surface area contributed by atoms with Crippen LogP contribution in [-0.2, 0) is 0 Å². The second-order valence-corrected chi connectivity index (χ2v) is 1.28. The lowest BCUT2D eigenvalue weighted by molar-refractivity contribution is -0.401. The van der Waals surface area contributed by atoms with Gasteiger partial charge in [0.15, 0.2) is 0 Å². The summed E-state index contributed by atoms with van der Waals surface area (Å²) in [5.41, 5.74) is 0. The predicted molar refractivity (Wildman–Crippen MR) is 30.2 cm³/mol. The van der Waals surface area contributed by atoms with Gasteiger partial charge >= 0.3 is 0 Å². The standard InChI is InChI=1S/C2H2INO2/c3-1-2-4(5)6/h1-2H/b2-1-. The average Bonchev–Trinajstić information content (AvgIpc) is 1.35. The van der Waals surface area contributed by atoms with Crippen molar-refractivity contribution in [2.24, 2.45) is 0 Å². The van der Waals surface area contributed by atoms with Crippen LogP contribution in [-0.4, -0.2) is 4.92 Å². The second kappa shape index (κ2) is 3.08. The molecule has 0 rings (SSSR count). The van der Waals surface area contributed by atoms with Crippen LogP contribution >= 0.6 is 22.6 Å². The van der Waals surface area contributed by atoms with E-state index in [1.807, 2.05) is 0 Å². The highest BCUT2D eigenvalue weighted by Gasteiger charge is 1.75. The number of halogens is 1. The van der Waals surface area contributed by atoms with Crippen molar-refractivity contribution in [1.29, 1.82) is 0 Å². The maximum atomic E-state index is 9.31. The molecule has 0 saturated heterocycles. The number of hydrogen-bond donors (Lipinski definition) is 0. The van der Waals surface area contributed by atoms with Gasteiger partial charge in [0.05, 0.1) is 4.92 Å². The molecule has 0 radical (unpaired) electrons. The molecule has 0 atom stereocenters. The molecule has 0 aliphatic carbocycles. The first kappa shape index (κ1) is 5.87. The van der Waals surface area contributed by atoms with Crippen LogP contribution in [0.15, 0.2) is 10.3 Å². The maximum Gasteiger partial charge on any atom is 0.240 e. The molecule has 0 aliphatic rings. The fraction of sp³-hybridized carbons (Fsp3) is 0. The molecular formula is C2H2INO2. The van der Waals surface area contributed by atoms with Gasteiger partial charge in [-0.2, -0.15) is 0 Å². The molecule has 0 N–H and O–H groups in total. The highest BCUT2D eigenvalue weighted by atomic mass is 127. The molecule has 0 heterocycles. The number of rotatable bonds is 1. The summed E-state index contributed by atoms with van der Waals surface area (Å²) in [5, 5.41) is 9.31. The van der Waals surface area contributed by atoms with Gasteiger partial charge in [-0.25, -0.2) is 0 Å². The molecule has 34 valence electrons. The monoisotopic (exact) mass is 199 g/mol. The van der Waals surface area contributed by atoms with E-state index in [0.29, 0.717) is 0 Å². The molecule has 0 aromatic rings. The molecular weight excluding hydrogens is 197 g/mol. The second-order valence-electron chi connectivity index (χ2n) is 0.560. The van der Waals surface area contributed by atoms with Crippen LogP contribution in [0.25, 0.3) is 0 Å². The minimum atomic E-state index is -0.507. The summed E-state index contributed by atoms with van der Waals surface area (Å²) in [6, 6.07) is 0. The predicted octanol–water partition coefficient (Wildman–Crippen LogP) is 1.17. The van der Waals surface area contributed by atoms with Crippen molar-refractivity contribution in [3.63, 3.8) is 0 Å². The number of nitrogens with zero attached hydrogens (tertiary/aromatic N) is 1. The minimum absolute atomic E-state index is 0.507. The van der Waals surface area contributed by atoms with Crippen LogP contribution in [0, 0.1) is 10.1 Å². The van der Waals surface area contributed by atoms with E-state index < -0.39 is 4.92 Å². The summed E-state index contributed by atoms with van der Waals surface area (Å²) in [6.45, 7) is 0. The molecule has 0 unspecified atom stereocenters. The summed E-state index contributed by atoms with van der Waals surface area (Å²) in [7, 11) is 0. The van der Waals surface area contributed by atoms with Crippen molar-refractivity contribution < 1.29 is 4.92 Å². The Balaban J connectivity index is 3.30. The molecule has 0 fully saturated rings. The molecule has 0 saturated carbocycles. The molecule has 0 bridgehead atoms. The zero-order valence-corrected chi connectivity index (χ0v) is 4.95. The summed E-state index contributed by atoms with van der Waals surface area (Å²) in [4.78, 5) is 8.81. The third-order valence-corrected chi connectivity index (χ3v) is 0.500. The van der Waals surface area contributed by atoms with E-state index >= 15 is 0 Å². The van der Waals surface area contributed by atoms with Gasteiger partial charge < -0.3 is 0 Å². The van der Waals surface area contributed by atoms with Gasteiger partial charge in [-0.05, 0) is 22.6 Å². The number of hydrogen-bond acceptors (Lipinski definition) is 2. The summed E-state index contributed by atoms with van der Waals surface area (Å²) in [5.74, 6) is 0. The Labute approximate surface area is 48.3 Å². The van der Waals surface area contributed by atoms with E-state index in [-0.39, 0.29) is 0 Å². The fourth-order valence-electron chi connectivity index (χ4n) is 0.0460. The Kier molecular flexibility index (Phi) is 3.01. The highest BCUT2D eigenvalue weighted by molar-refractivity contribution is 14.1. The quantitative estimate of drug-likeness (QED) is 0.361. The van der Waals surface area contributed by atoms with Gasteiger partial charge in [-0.15, -0.1) is 0 Å². The SMILES string of the molecule is O=[N+]([O-])/C=C\I. The third-order valence-electron chi connectivity index (χ3n) is 0.178. The smallest absolute Gasteiger partial charge is 0.240 e. The molecule has 0 amide bonds. The van der Waals surface area contributed by atoms with E-state index in [2.05, 4.69) is 0 Å². The van der Waals surface area contributed by atoms with Crippen LogP contribution in [0.2, 0.25) is 0 Å². The van der Waals surface area contributed by atoms with Crippen LogP contribution in [0.3, 0.4) is 0 Å². The molecule has 6 heavy (non-hydrogen) atoms. The maximum absolute atomic E-state index is 9.31. The van der Waals surface area contributed by atoms with E-state index in [9.17, 15) is 10.1 Å². The lowest BCUT2D eigenvalue weighted by atomic mass is 11.1. The first-order valence-corrected chi connectivity index (χ1v) is 2.42. The first-order valence-electron chi connectivity index (χ1n) is 1.17. The lowest BCUT2D eigenvalue weighted by Gasteiger charge is -1.68. The fourth-order valence-corrected chi connectivity index (χ4v) is 0.309. The molecule has 4 heteroatoms. The first-order chi connectivity index (χ1) is 2.77. The van der Waals surface area contributed by atoms with Gasteiger partial charge in [0, 0.05) is 4.08 Å². The topological polar surface area (TPSA) is 43.1 Å². The zero-order valence-electron chi connectivity index (χ0n) is 2.80.